The Morgan fingerprint density at radius 2 is 0.644 bits per heavy atom. The van der Waals surface area contributed by atoms with E-state index in [1.165, 1.54) is 201 Å². The molecule has 0 N–H and O–H groups in total. The van der Waals surface area contributed by atoms with Crippen molar-refractivity contribution in [1.29, 1.82) is 0 Å². The average molecular weight is 1480 g/mol. The zero-order chi connectivity index (χ0) is 77.5. The molecule has 8 aliphatic rings. The summed E-state index contributed by atoms with van der Waals surface area (Å²) in [6, 6.07) is 0. The van der Waals surface area contributed by atoms with Crippen LogP contribution in [0.2, 0.25) is 0 Å². The van der Waals surface area contributed by atoms with Crippen LogP contribution in [0.25, 0.3) is 0 Å². The number of morpholine rings is 2. The van der Waals surface area contributed by atoms with Gasteiger partial charge in [-0.05, 0) is 297 Å². The predicted octanol–water partition coefficient (Wildman–Crippen LogP) is 16.3. The van der Waals surface area contributed by atoms with Gasteiger partial charge in [0.2, 0.25) is 0 Å². The van der Waals surface area contributed by atoms with Gasteiger partial charge in [0.15, 0.2) is 0 Å². The van der Waals surface area contributed by atoms with Gasteiger partial charge in [-0.15, -0.1) is 0 Å². The quantitative estimate of drug-likeness (QED) is 0.0561. The Labute approximate surface area is 646 Å². The largest absolute Gasteiger partial charge is 0.379 e. The summed E-state index contributed by atoms with van der Waals surface area (Å²) in [5.74, 6) is 1.85. The van der Waals surface area contributed by atoms with Crippen molar-refractivity contribution in [3.8, 4) is 0 Å². The number of piperidine rings is 3. The summed E-state index contributed by atoms with van der Waals surface area (Å²) in [6.07, 6.45) is 26.3. The van der Waals surface area contributed by atoms with E-state index < -0.39 is 0 Å². The van der Waals surface area contributed by atoms with Crippen molar-refractivity contribution in [3.63, 3.8) is 0 Å². The van der Waals surface area contributed by atoms with Crippen LogP contribution in [0.4, 0.5) is 0 Å². The average Bonchev–Trinajstić information content (AvgIpc) is 0.765. The number of ether oxygens (including phenoxy) is 9. The molecule has 7 saturated heterocycles. The molecule has 4 atom stereocenters. The minimum absolute atomic E-state index is 0.354. The van der Waals surface area contributed by atoms with E-state index in [0.29, 0.717) is 78.1 Å². The fraction of sp³-hybridized carbons (Fsp3) is 1.00. The Morgan fingerprint density at radius 1 is 0.346 bits per heavy atom. The van der Waals surface area contributed by atoms with Crippen LogP contribution in [0, 0.1) is 22.7 Å². The maximum atomic E-state index is 5.69. The van der Waals surface area contributed by atoms with E-state index in [2.05, 4.69) is 212 Å². The van der Waals surface area contributed by atoms with Crippen molar-refractivity contribution in [2.45, 2.75) is 348 Å². The van der Waals surface area contributed by atoms with Crippen molar-refractivity contribution in [2.24, 2.45) is 22.7 Å². The van der Waals surface area contributed by atoms with E-state index in [1.54, 1.807) is 0 Å². The van der Waals surface area contributed by atoms with Crippen LogP contribution in [0.1, 0.15) is 275 Å². The van der Waals surface area contributed by atoms with Crippen LogP contribution in [-0.2, 0) is 42.6 Å². The van der Waals surface area contributed by atoms with Gasteiger partial charge in [0.05, 0.1) is 67.1 Å². The van der Waals surface area contributed by atoms with Crippen LogP contribution in [0.3, 0.4) is 0 Å². The van der Waals surface area contributed by atoms with Gasteiger partial charge in [-0.1, -0.05) is 40.5 Å². The van der Waals surface area contributed by atoms with Gasteiger partial charge in [0.1, 0.15) is 0 Å². The van der Waals surface area contributed by atoms with E-state index in [1.807, 2.05) is 0 Å². The standard InChI is InChI=1S/C15H31NO.C13H27NO.2C12H25NO2.C12H23NO.C12H25NO.C11H24N2O/c1-13(2)17-12-6-9-16-10-7-14(8-11-16)15(3,4)5;1-12(2)15-11-7-10-14-9-6-5-8-13(14,3)4;2*1-10(2)14-7-5-6-13-8-11(3)15-12(4)9-13;1-11(2)14-8-4-7-13-9-12(10-13)5-3-6-12;1-11(2)14-10-4-7-13-8-5-12(3)6-9-13;1-11(2)14-10-4-5-13-8-6-12(3)7-9-13/h13-14H,6-12H2,1-5H3;12H,5-11H2,1-4H3;2*10-12H,5-9H2,1-4H3;11H,3-10H2,1-2H3;11-12H,4-10H2,1-3H3;11H,4-10H2,1-3H3/t;;11-,12+;;;;. The second kappa shape index (κ2) is 57.4. The molecule has 1 aliphatic carbocycles. The Morgan fingerprint density at radius 3 is 0.942 bits per heavy atom. The molecule has 7 aliphatic heterocycles. The molecule has 0 bridgehead atoms. The molecule has 8 rings (SSSR count). The monoisotopic (exact) mass is 1480 g/mol. The third kappa shape index (κ3) is 51.8. The van der Waals surface area contributed by atoms with Crippen molar-refractivity contribution < 1.29 is 42.6 Å². The molecule has 0 aromatic carbocycles. The van der Waals surface area contributed by atoms with Crippen LogP contribution in [-0.4, -0.2) is 309 Å². The van der Waals surface area contributed by atoms with Crippen LogP contribution < -0.4 is 0 Å². The van der Waals surface area contributed by atoms with Crippen molar-refractivity contribution in [3.05, 3.63) is 0 Å². The fourth-order valence-corrected chi connectivity index (χ4v) is 15.3. The maximum Gasteiger partial charge on any atom is 0.0678 e. The second-order valence-corrected chi connectivity index (χ2v) is 36.4. The Bertz CT molecular complexity index is 1850. The van der Waals surface area contributed by atoms with E-state index in [9.17, 15) is 0 Å². The molecule has 17 heteroatoms. The molecule has 104 heavy (non-hydrogen) atoms. The lowest BCUT2D eigenvalue weighted by atomic mass is 9.63. The topological polar surface area (TPSA) is 109 Å². The summed E-state index contributed by atoms with van der Waals surface area (Å²) in [4.78, 5) is 20.3. The van der Waals surface area contributed by atoms with Crippen molar-refractivity contribution in [2.75, 3.05) is 197 Å². The molecule has 2 unspecified atom stereocenters. The first-order valence-corrected chi connectivity index (χ1v) is 43.5. The van der Waals surface area contributed by atoms with Crippen LogP contribution in [0.15, 0.2) is 0 Å². The molecule has 0 radical (unpaired) electrons. The van der Waals surface area contributed by atoms with Gasteiger partial charge < -0.3 is 67.1 Å². The number of likely N-dealkylation sites (tertiary alicyclic amines) is 4. The summed E-state index contributed by atoms with van der Waals surface area (Å²) in [7, 11) is 2.19. The molecule has 0 aromatic rings. The number of rotatable bonds is 35. The number of hydrogen-bond acceptors (Lipinski definition) is 17. The lowest BCUT2D eigenvalue weighted by Crippen LogP contribution is -2.59. The third-order valence-electron chi connectivity index (χ3n) is 21.6. The van der Waals surface area contributed by atoms with Crippen molar-refractivity contribution >= 4 is 0 Å². The summed E-state index contributed by atoms with van der Waals surface area (Å²) in [6.45, 7) is 85.1. The highest BCUT2D eigenvalue weighted by molar-refractivity contribution is 5.00. The predicted molar refractivity (Wildman–Crippen MR) is 442 cm³/mol. The minimum Gasteiger partial charge on any atom is -0.379 e. The Kier molecular flexibility index (Phi) is 54.8. The first-order valence-electron chi connectivity index (χ1n) is 43.5. The lowest BCUT2D eigenvalue weighted by molar-refractivity contribution is -0.0700. The maximum absolute atomic E-state index is 5.69. The zero-order valence-corrected chi connectivity index (χ0v) is 73.8. The normalized spacial score (nSPS) is 23.7. The van der Waals surface area contributed by atoms with Gasteiger partial charge >= 0.3 is 0 Å². The summed E-state index contributed by atoms with van der Waals surface area (Å²) < 4.78 is 50.2. The molecular weight excluding hydrogens is 1300 g/mol. The number of hydrogen-bond donors (Lipinski definition) is 0. The van der Waals surface area contributed by atoms with Gasteiger partial charge in [-0.3, -0.25) is 14.7 Å². The first-order chi connectivity index (χ1) is 49.1. The van der Waals surface area contributed by atoms with Gasteiger partial charge in [0.25, 0.3) is 0 Å². The first kappa shape index (κ1) is 99.4. The zero-order valence-electron chi connectivity index (χ0n) is 73.8. The summed E-state index contributed by atoms with van der Waals surface area (Å²) >= 11 is 0. The SMILES string of the molecule is CC(C)OCCCN1CC(C)OC(C)C1.CC(C)OCCCN1CC2(CCC2)C1.CC(C)OCCCN1CCC(C(C)(C)C)CC1.CC(C)OCCCN1CCCCC1(C)C.CC(C)OCCCN1CCN(C)CC1.CC(C)OCCCN1C[C@@H](C)O[C@@H](C)C1.CC1CCN(CCCOC(C)C)CC1. The van der Waals surface area contributed by atoms with Gasteiger partial charge in [-0.2, -0.15) is 0 Å². The molecule has 0 amide bonds. The van der Waals surface area contributed by atoms with Crippen LogP contribution in [0.5, 0.6) is 0 Å². The van der Waals surface area contributed by atoms with Gasteiger partial charge in [0, 0.05) is 163 Å². The second-order valence-electron chi connectivity index (χ2n) is 36.4. The van der Waals surface area contributed by atoms with E-state index >= 15 is 0 Å². The highest BCUT2D eigenvalue weighted by Crippen LogP contribution is 2.48. The fourth-order valence-electron chi connectivity index (χ4n) is 15.3. The lowest BCUT2D eigenvalue weighted by Gasteiger charge is -2.56. The van der Waals surface area contributed by atoms with Crippen molar-refractivity contribution in [1.82, 2.24) is 39.2 Å². The number of likely N-dealkylation sites (N-methyl/N-ethyl adjacent to an activating group) is 1. The minimum atomic E-state index is 0.354. The molecule has 7 heterocycles. The summed E-state index contributed by atoms with van der Waals surface area (Å²) in [5, 5.41) is 0. The molecular formula is C87H180N8O9. The highest BCUT2D eigenvalue weighted by atomic mass is 16.5. The Balaban J connectivity index is 0.000000413. The van der Waals surface area contributed by atoms with E-state index in [4.69, 9.17) is 42.6 Å². The number of nitrogens with zero attached hydrogens (tertiary/aromatic N) is 8. The van der Waals surface area contributed by atoms with E-state index in [0.717, 1.165) is 116 Å². The molecule has 0 aromatic heterocycles. The molecule has 8 fully saturated rings. The van der Waals surface area contributed by atoms with Gasteiger partial charge in [-0.25, -0.2) is 0 Å². The molecule has 1 spiro atoms. The summed E-state index contributed by atoms with van der Waals surface area (Å²) in [5.41, 5.74) is 1.70. The molecule has 622 valence electrons. The highest BCUT2D eigenvalue weighted by Gasteiger charge is 2.46. The smallest absolute Gasteiger partial charge is 0.0678 e. The van der Waals surface area contributed by atoms with Crippen LogP contribution >= 0.6 is 0 Å². The molecule has 1 saturated carbocycles. The van der Waals surface area contributed by atoms with E-state index in [-0.39, 0.29) is 0 Å². The molecule has 17 nitrogen and oxygen atoms in total. The number of piperazine rings is 1. The Hall–Kier alpha value is -0.680. The third-order valence-corrected chi connectivity index (χ3v) is 21.6.